The zero-order valence-electron chi connectivity index (χ0n) is 9.04. The Kier molecular flexibility index (Phi) is 4.13. The molecule has 1 rings (SSSR count). The first-order valence-electron chi connectivity index (χ1n) is 4.80. The average molecular weight is 261 g/mol. The maximum Gasteiger partial charge on any atom is 0.418 e. The van der Waals surface area contributed by atoms with Crippen LogP contribution in [0.1, 0.15) is 5.56 Å². The van der Waals surface area contributed by atoms with Gasteiger partial charge in [0, 0.05) is 0 Å². The number of carbonyl (C=O) groups is 2. The molecule has 0 atom stereocenters. The van der Waals surface area contributed by atoms with Gasteiger partial charge in [0.15, 0.2) is 0 Å². The summed E-state index contributed by atoms with van der Waals surface area (Å²) in [5.74, 6) is -0.797. The van der Waals surface area contributed by atoms with E-state index in [4.69, 9.17) is 5.73 Å². The summed E-state index contributed by atoms with van der Waals surface area (Å²) in [6.07, 6.45) is -4.58. The highest BCUT2D eigenvalue weighted by Gasteiger charge is 2.33. The predicted molar refractivity (Wildman–Crippen MR) is 57.7 cm³/mol. The van der Waals surface area contributed by atoms with E-state index in [1.165, 1.54) is 12.1 Å². The van der Waals surface area contributed by atoms with Gasteiger partial charge in [-0.1, -0.05) is 12.1 Å². The Morgan fingerprint density at radius 1 is 1.22 bits per heavy atom. The van der Waals surface area contributed by atoms with Crippen LogP contribution in [0.25, 0.3) is 0 Å². The van der Waals surface area contributed by atoms with E-state index in [1.54, 1.807) is 0 Å². The third kappa shape index (κ3) is 3.96. The molecule has 98 valence electrons. The number of alkyl halides is 3. The Hall–Kier alpha value is -2.25. The minimum atomic E-state index is -4.58. The Labute approximate surface area is 100 Å². The maximum absolute atomic E-state index is 12.6. The van der Waals surface area contributed by atoms with Gasteiger partial charge in [0.1, 0.15) is 0 Å². The van der Waals surface area contributed by atoms with Crippen LogP contribution in [-0.2, 0) is 11.0 Å². The van der Waals surface area contributed by atoms with Crippen LogP contribution in [0.3, 0.4) is 0 Å². The lowest BCUT2D eigenvalue weighted by Gasteiger charge is -2.13. The number of primary amides is 1. The van der Waals surface area contributed by atoms with Gasteiger partial charge in [0.2, 0.25) is 5.91 Å². The molecule has 0 saturated carbocycles. The number of carbonyl (C=O) groups excluding carboxylic acids is 2. The SMILES string of the molecule is NC(=O)CNC(=O)Nc1ccccc1C(F)(F)F. The van der Waals surface area contributed by atoms with Gasteiger partial charge in [-0.05, 0) is 12.1 Å². The maximum atomic E-state index is 12.6. The lowest BCUT2D eigenvalue weighted by molar-refractivity contribution is -0.137. The number of urea groups is 1. The number of hydrogen-bond donors (Lipinski definition) is 3. The van der Waals surface area contributed by atoms with Crippen LogP contribution in [0.2, 0.25) is 0 Å². The summed E-state index contributed by atoms with van der Waals surface area (Å²) in [4.78, 5) is 21.6. The minimum Gasteiger partial charge on any atom is -0.368 e. The van der Waals surface area contributed by atoms with Gasteiger partial charge < -0.3 is 16.4 Å². The van der Waals surface area contributed by atoms with E-state index in [0.717, 1.165) is 12.1 Å². The molecule has 0 heterocycles. The van der Waals surface area contributed by atoms with Crippen molar-refractivity contribution in [2.75, 3.05) is 11.9 Å². The standard InChI is InChI=1S/C10H10F3N3O2/c11-10(12,13)6-3-1-2-4-7(6)16-9(18)15-5-8(14)17/h1-4H,5H2,(H2,14,17)(H2,15,16,18). The van der Waals surface area contributed by atoms with Crippen molar-refractivity contribution in [1.29, 1.82) is 0 Å². The summed E-state index contributed by atoms with van der Waals surface area (Å²) >= 11 is 0. The molecule has 0 aromatic heterocycles. The Morgan fingerprint density at radius 2 is 1.83 bits per heavy atom. The Bertz CT molecular complexity index is 460. The zero-order valence-corrected chi connectivity index (χ0v) is 9.04. The molecule has 1 aromatic carbocycles. The van der Waals surface area contributed by atoms with Crippen LogP contribution in [-0.4, -0.2) is 18.5 Å². The van der Waals surface area contributed by atoms with E-state index in [0.29, 0.717) is 0 Å². The average Bonchev–Trinajstić information content (AvgIpc) is 2.25. The van der Waals surface area contributed by atoms with Gasteiger partial charge in [-0.2, -0.15) is 13.2 Å². The molecule has 0 aliphatic rings. The molecule has 5 nitrogen and oxygen atoms in total. The first kappa shape index (κ1) is 13.8. The Morgan fingerprint density at radius 3 is 2.39 bits per heavy atom. The molecule has 0 aliphatic carbocycles. The molecule has 1 aromatic rings. The molecule has 0 fully saturated rings. The molecule has 3 amide bonds. The molecule has 0 bridgehead atoms. The second-order valence-corrected chi connectivity index (χ2v) is 3.32. The monoisotopic (exact) mass is 261 g/mol. The lowest BCUT2D eigenvalue weighted by Crippen LogP contribution is -2.36. The summed E-state index contributed by atoms with van der Waals surface area (Å²) in [5.41, 5.74) is 3.40. The van der Waals surface area contributed by atoms with E-state index in [9.17, 15) is 22.8 Å². The van der Waals surface area contributed by atoms with Gasteiger partial charge in [0.25, 0.3) is 0 Å². The number of anilines is 1. The van der Waals surface area contributed by atoms with E-state index in [2.05, 4.69) is 0 Å². The first-order valence-corrected chi connectivity index (χ1v) is 4.80. The van der Waals surface area contributed by atoms with Gasteiger partial charge in [0.05, 0.1) is 17.8 Å². The third-order valence-corrected chi connectivity index (χ3v) is 1.90. The number of para-hydroxylation sites is 1. The van der Waals surface area contributed by atoms with Crippen molar-refractivity contribution in [2.45, 2.75) is 6.18 Å². The topological polar surface area (TPSA) is 84.2 Å². The van der Waals surface area contributed by atoms with Crippen molar-refractivity contribution in [3.63, 3.8) is 0 Å². The number of halogens is 3. The molecule has 18 heavy (non-hydrogen) atoms. The van der Waals surface area contributed by atoms with Crippen molar-refractivity contribution >= 4 is 17.6 Å². The van der Waals surface area contributed by atoms with Crippen LogP contribution in [0.15, 0.2) is 24.3 Å². The summed E-state index contributed by atoms with van der Waals surface area (Å²) in [5, 5.41) is 4.01. The van der Waals surface area contributed by atoms with Gasteiger partial charge in [-0.15, -0.1) is 0 Å². The van der Waals surface area contributed by atoms with Crippen molar-refractivity contribution < 1.29 is 22.8 Å². The number of nitrogens with two attached hydrogens (primary N) is 1. The second kappa shape index (κ2) is 5.39. The van der Waals surface area contributed by atoms with E-state index >= 15 is 0 Å². The zero-order chi connectivity index (χ0) is 13.8. The van der Waals surface area contributed by atoms with Crippen molar-refractivity contribution in [2.24, 2.45) is 5.73 Å². The van der Waals surface area contributed by atoms with Gasteiger partial charge in [-0.25, -0.2) is 4.79 Å². The molecule has 0 unspecified atom stereocenters. The largest absolute Gasteiger partial charge is 0.418 e. The van der Waals surface area contributed by atoms with Gasteiger partial charge >= 0.3 is 12.2 Å². The lowest BCUT2D eigenvalue weighted by atomic mass is 10.1. The normalized spacial score (nSPS) is 10.8. The summed E-state index contributed by atoms with van der Waals surface area (Å²) in [7, 11) is 0. The molecule has 8 heteroatoms. The van der Waals surface area contributed by atoms with Crippen LogP contribution in [0.5, 0.6) is 0 Å². The quantitative estimate of drug-likeness (QED) is 0.766. The molecular weight excluding hydrogens is 251 g/mol. The van der Waals surface area contributed by atoms with Crippen molar-refractivity contribution in [3.8, 4) is 0 Å². The van der Waals surface area contributed by atoms with E-state index in [-0.39, 0.29) is 0 Å². The van der Waals surface area contributed by atoms with Crippen molar-refractivity contribution in [3.05, 3.63) is 29.8 Å². The fourth-order valence-electron chi connectivity index (χ4n) is 1.17. The molecule has 0 spiro atoms. The van der Waals surface area contributed by atoms with Crippen LogP contribution < -0.4 is 16.4 Å². The first-order chi connectivity index (χ1) is 8.30. The number of nitrogens with one attached hydrogen (secondary N) is 2. The van der Waals surface area contributed by atoms with Crippen molar-refractivity contribution in [1.82, 2.24) is 5.32 Å². The third-order valence-electron chi connectivity index (χ3n) is 1.90. The fraction of sp³-hybridized carbons (Fsp3) is 0.200. The van der Waals surface area contributed by atoms with E-state index in [1.807, 2.05) is 10.6 Å². The van der Waals surface area contributed by atoms with E-state index < -0.39 is 35.9 Å². The second-order valence-electron chi connectivity index (χ2n) is 3.32. The number of amides is 3. The summed E-state index contributed by atoms with van der Waals surface area (Å²) in [6, 6.07) is 3.55. The highest BCUT2D eigenvalue weighted by Crippen LogP contribution is 2.34. The summed E-state index contributed by atoms with van der Waals surface area (Å²) in [6.45, 7) is -0.458. The van der Waals surface area contributed by atoms with Crippen LogP contribution in [0, 0.1) is 0 Å². The highest BCUT2D eigenvalue weighted by molar-refractivity contribution is 5.92. The number of hydrogen-bond acceptors (Lipinski definition) is 2. The molecule has 0 aliphatic heterocycles. The minimum absolute atomic E-state index is 0.396. The number of benzene rings is 1. The molecule has 0 radical (unpaired) electrons. The Balaban J connectivity index is 2.79. The highest BCUT2D eigenvalue weighted by atomic mass is 19.4. The molecular formula is C10H10F3N3O2. The molecule has 0 saturated heterocycles. The summed E-state index contributed by atoms with van der Waals surface area (Å²) < 4.78 is 37.7. The molecule has 4 N–H and O–H groups in total. The fourth-order valence-corrected chi connectivity index (χ4v) is 1.17. The number of rotatable bonds is 3. The van der Waals surface area contributed by atoms with Crippen LogP contribution >= 0.6 is 0 Å². The van der Waals surface area contributed by atoms with Crippen LogP contribution in [0.4, 0.5) is 23.7 Å². The predicted octanol–water partition coefficient (Wildman–Crippen LogP) is 1.31. The smallest absolute Gasteiger partial charge is 0.368 e. The van der Waals surface area contributed by atoms with Gasteiger partial charge in [-0.3, -0.25) is 4.79 Å².